The van der Waals surface area contributed by atoms with Crippen LogP contribution in [0.15, 0.2) is 12.1 Å². The van der Waals surface area contributed by atoms with Crippen molar-refractivity contribution in [1.29, 1.82) is 0 Å². The Morgan fingerprint density at radius 1 is 1.30 bits per heavy atom. The molecule has 0 atom stereocenters. The van der Waals surface area contributed by atoms with E-state index >= 15 is 0 Å². The van der Waals surface area contributed by atoms with Crippen LogP contribution in [0.25, 0.3) is 0 Å². The van der Waals surface area contributed by atoms with E-state index in [-0.39, 0.29) is 41.4 Å². The Morgan fingerprint density at radius 3 is 2.56 bits per heavy atom. The largest absolute Gasteiger partial charge is 0.507 e. The van der Waals surface area contributed by atoms with E-state index in [2.05, 4.69) is 4.90 Å². The quantitative estimate of drug-likeness (QED) is 0.411. The molecule has 0 amide bonds. The van der Waals surface area contributed by atoms with Crippen molar-refractivity contribution in [3.8, 4) is 11.5 Å². The topological polar surface area (TPSA) is 136 Å². The van der Waals surface area contributed by atoms with E-state index in [1.807, 2.05) is 0 Å². The van der Waals surface area contributed by atoms with Gasteiger partial charge < -0.3 is 30.7 Å². The van der Waals surface area contributed by atoms with Crippen molar-refractivity contribution in [1.82, 2.24) is 4.90 Å². The number of phenols is 1. The van der Waals surface area contributed by atoms with Gasteiger partial charge in [0.1, 0.15) is 23.2 Å². The van der Waals surface area contributed by atoms with Gasteiger partial charge in [-0.25, -0.2) is 4.79 Å². The number of aromatic hydroxyl groups is 1. The standard InChI is InChI=1S/C18H27BN2O6/c20-18(6-1-2-7-18)11-21-9-13(10-21)27-14-4-3-12(5-8-19(25)26)16(22)15(14)17(23)24/h3-4,13,22,25-26H,1-2,5-11,20H2,(H,23,24). The van der Waals surface area contributed by atoms with E-state index in [0.29, 0.717) is 18.7 Å². The Kier molecular flexibility index (Phi) is 5.95. The van der Waals surface area contributed by atoms with Crippen LogP contribution in [0.5, 0.6) is 11.5 Å². The van der Waals surface area contributed by atoms with E-state index in [1.165, 1.54) is 18.9 Å². The molecule has 27 heavy (non-hydrogen) atoms. The number of aromatic carboxylic acids is 1. The fourth-order valence-corrected chi connectivity index (χ4v) is 4.00. The average molecular weight is 378 g/mol. The van der Waals surface area contributed by atoms with E-state index in [9.17, 15) is 15.0 Å². The summed E-state index contributed by atoms with van der Waals surface area (Å²) >= 11 is 0. The first-order valence-electron chi connectivity index (χ1n) is 9.39. The van der Waals surface area contributed by atoms with Crippen molar-refractivity contribution in [2.24, 2.45) is 5.73 Å². The van der Waals surface area contributed by atoms with Crippen LogP contribution in [0.1, 0.15) is 41.6 Å². The minimum Gasteiger partial charge on any atom is -0.507 e. The number of benzene rings is 1. The van der Waals surface area contributed by atoms with Gasteiger partial charge in [-0.1, -0.05) is 18.9 Å². The summed E-state index contributed by atoms with van der Waals surface area (Å²) in [5, 5.41) is 37.7. The Balaban J connectivity index is 1.61. The Hall–Kier alpha value is -1.81. The first-order chi connectivity index (χ1) is 12.8. The molecule has 2 fully saturated rings. The summed E-state index contributed by atoms with van der Waals surface area (Å²) < 4.78 is 5.81. The van der Waals surface area contributed by atoms with Crippen LogP contribution in [-0.2, 0) is 6.42 Å². The van der Waals surface area contributed by atoms with E-state index in [4.69, 9.17) is 20.5 Å². The van der Waals surface area contributed by atoms with Crippen molar-refractivity contribution < 1.29 is 29.8 Å². The molecule has 6 N–H and O–H groups in total. The number of nitrogens with two attached hydrogens (primary N) is 1. The number of rotatable bonds is 8. The van der Waals surface area contributed by atoms with Gasteiger partial charge in [0, 0.05) is 25.2 Å². The van der Waals surface area contributed by atoms with Crippen LogP contribution < -0.4 is 10.5 Å². The summed E-state index contributed by atoms with van der Waals surface area (Å²) in [5.74, 6) is -1.54. The van der Waals surface area contributed by atoms with Gasteiger partial charge in [0.05, 0.1) is 0 Å². The maximum absolute atomic E-state index is 11.6. The molecule has 2 aliphatic rings. The van der Waals surface area contributed by atoms with Gasteiger partial charge in [-0.3, -0.25) is 4.90 Å². The van der Waals surface area contributed by atoms with E-state index in [1.54, 1.807) is 6.07 Å². The predicted octanol–water partition coefficient (Wildman–Crippen LogP) is 0.440. The molecule has 1 saturated heterocycles. The van der Waals surface area contributed by atoms with Crippen LogP contribution >= 0.6 is 0 Å². The van der Waals surface area contributed by atoms with Gasteiger partial charge in [0.25, 0.3) is 0 Å². The highest BCUT2D eigenvalue weighted by atomic mass is 16.5. The molecule has 3 rings (SSSR count). The molecule has 0 radical (unpaired) electrons. The van der Waals surface area contributed by atoms with Crippen molar-refractivity contribution in [2.75, 3.05) is 19.6 Å². The summed E-state index contributed by atoms with van der Waals surface area (Å²) in [6.07, 6.45) is 4.44. The number of hydrogen-bond acceptors (Lipinski definition) is 7. The monoisotopic (exact) mass is 378 g/mol. The van der Waals surface area contributed by atoms with E-state index in [0.717, 1.165) is 19.4 Å². The lowest BCUT2D eigenvalue weighted by Gasteiger charge is -2.43. The highest BCUT2D eigenvalue weighted by Crippen LogP contribution is 2.34. The molecular formula is C18H27BN2O6. The highest BCUT2D eigenvalue weighted by molar-refractivity contribution is 6.41. The number of carbonyl (C=O) groups is 1. The third-order valence-electron chi connectivity index (χ3n) is 5.46. The minimum absolute atomic E-state index is 0.00520. The molecule has 1 aromatic rings. The number of carboxylic acid groups (broad SMARTS) is 1. The third kappa shape index (κ3) is 4.73. The molecule has 1 aliphatic heterocycles. The molecule has 1 aromatic carbocycles. The van der Waals surface area contributed by atoms with Gasteiger partial charge in [0.2, 0.25) is 0 Å². The van der Waals surface area contributed by atoms with Crippen LogP contribution in [0.3, 0.4) is 0 Å². The van der Waals surface area contributed by atoms with Crippen molar-refractivity contribution in [3.05, 3.63) is 23.3 Å². The number of hydrogen-bond donors (Lipinski definition) is 5. The van der Waals surface area contributed by atoms with Gasteiger partial charge in [-0.05, 0) is 37.2 Å². The molecular weight excluding hydrogens is 351 g/mol. The molecule has 148 valence electrons. The minimum atomic E-state index is -1.51. The molecule has 1 aliphatic carbocycles. The fourth-order valence-electron chi connectivity index (χ4n) is 4.00. The first-order valence-corrected chi connectivity index (χ1v) is 9.39. The molecule has 8 nitrogen and oxygen atoms in total. The van der Waals surface area contributed by atoms with Crippen molar-refractivity contribution >= 4 is 13.1 Å². The lowest BCUT2D eigenvalue weighted by atomic mass is 9.82. The maximum atomic E-state index is 11.6. The van der Waals surface area contributed by atoms with Crippen LogP contribution in [-0.4, -0.2) is 69.5 Å². The van der Waals surface area contributed by atoms with Gasteiger partial charge in [-0.2, -0.15) is 0 Å². The SMILES string of the molecule is NC1(CN2CC(Oc3ccc(CCB(O)O)c(O)c3C(=O)O)C2)CCCC1. The number of aryl methyl sites for hydroxylation is 1. The molecule has 9 heteroatoms. The summed E-state index contributed by atoms with van der Waals surface area (Å²) in [4.78, 5) is 13.8. The van der Waals surface area contributed by atoms with Gasteiger partial charge in [-0.15, -0.1) is 0 Å². The normalized spacial score (nSPS) is 19.7. The third-order valence-corrected chi connectivity index (χ3v) is 5.46. The molecule has 0 unspecified atom stereocenters. The predicted molar refractivity (Wildman–Crippen MR) is 100 cm³/mol. The van der Waals surface area contributed by atoms with Crippen LogP contribution in [0.4, 0.5) is 0 Å². The Bertz CT molecular complexity index is 687. The molecule has 0 aromatic heterocycles. The molecule has 1 saturated carbocycles. The summed E-state index contributed by atoms with van der Waals surface area (Å²) in [6.45, 7) is 2.18. The summed E-state index contributed by atoms with van der Waals surface area (Å²) in [6, 6.07) is 3.08. The van der Waals surface area contributed by atoms with Crippen molar-refractivity contribution in [2.45, 2.75) is 50.1 Å². The zero-order chi connectivity index (χ0) is 19.6. The fraction of sp³-hybridized carbons (Fsp3) is 0.611. The summed E-state index contributed by atoms with van der Waals surface area (Å²) in [5.41, 5.74) is 6.33. The molecule has 0 spiro atoms. The number of ether oxygens (including phenoxy) is 1. The average Bonchev–Trinajstić information content (AvgIpc) is 2.98. The second-order valence-electron chi connectivity index (χ2n) is 7.77. The number of carboxylic acids is 1. The number of nitrogens with zero attached hydrogens (tertiary/aromatic N) is 1. The zero-order valence-corrected chi connectivity index (χ0v) is 15.3. The first kappa shape index (κ1) is 19.9. The van der Waals surface area contributed by atoms with E-state index < -0.39 is 13.1 Å². The lowest BCUT2D eigenvalue weighted by Crippen LogP contribution is -2.60. The Morgan fingerprint density at radius 2 is 1.96 bits per heavy atom. The van der Waals surface area contributed by atoms with Gasteiger partial charge >= 0.3 is 13.1 Å². The number of likely N-dealkylation sites (tertiary alicyclic amines) is 1. The van der Waals surface area contributed by atoms with Crippen molar-refractivity contribution in [3.63, 3.8) is 0 Å². The molecule has 0 bridgehead atoms. The van der Waals surface area contributed by atoms with Crippen LogP contribution in [0.2, 0.25) is 6.32 Å². The Labute approximate surface area is 158 Å². The maximum Gasteiger partial charge on any atom is 0.451 e. The zero-order valence-electron chi connectivity index (χ0n) is 15.3. The van der Waals surface area contributed by atoms with Crippen LogP contribution in [0, 0.1) is 0 Å². The molecule has 1 heterocycles. The lowest BCUT2D eigenvalue weighted by molar-refractivity contribution is 0.00583. The van der Waals surface area contributed by atoms with Gasteiger partial charge in [0.15, 0.2) is 0 Å². The second kappa shape index (κ2) is 8.06. The second-order valence-corrected chi connectivity index (χ2v) is 7.77. The smallest absolute Gasteiger partial charge is 0.451 e. The highest BCUT2D eigenvalue weighted by Gasteiger charge is 2.37. The summed E-state index contributed by atoms with van der Waals surface area (Å²) in [7, 11) is -1.51.